The van der Waals surface area contributed by atoms with Gasteiger partial charge in [0.1, 0.15) is 0 Å². The summed E-state index contributed by atoms with van der Waals surface area (Å²) in [6.07, 6.45) is 0. The van der Waals surface area contributed by atoms with Crippen LogP contribution in [0.5, 0.6) is 0 Å². The first kappa shape index (κ1) is 12.1. The third-order valence-electron chi connectivity index (χ3n) is 0.352. The van der Waals surface area contributed by atoms with Gasteiger partial charge in [0, 0.05) is 14.1 Å². The zero-order chi connectivity index (χ0) is 7.86. The molecule has 0 bridgehead atoms. The van der Waals surface area contributed by atoms with Crippen molar-refractivity contribution in [3.8, 4) is 0 Å². The molecule has 0 aliphatic carbocycles. The van der Waals surface area contributed by atoms with Gasteiger partial charge in [-0.25, -0.2) is 0 Å². The predicted molar refractivity (Wildman–Crippen MR) is 41.5 cm³/mol. The summed E-state index contributed by atoms with van der Waals surface area (Å²) in [6.45, 7) is 0. The van der Waals surface area contributed by atoms with Gasteiger partial charge in [-0.05, 0) is 11.6 Å². The number of amides is 1. The lowest BCUT2D eigenvalue weighted by atomic mass is 11.0. The fraction of sp³-hybridized carbons (Fsp3) is 0.750. The number of rotatable bonds is 0. The largest absolute Gasteiger partial charge is 0.335 e. The Morgan fingerprint density at radius 2 is 1.56 bits per heavy atom. The van der Waals surface area contributed by atoms with Crippen LogP contribution in [0.3, 0.4) is 0 Å². The standard InChI is InChI=1S/C3H6ClNO.CH2Cl2/c1-5(2)3(4)6;2-1-3/h1-2H3;1H2. The number of hydrogen-bond donors (Lipinski definition) is 0. The number of nitrogens with zero attached hydrogens (tertiary/aromatic N) is 1. The highest BCUT2D eigenvalue weighted by Gasteiger charge is 1.91. The van der Waals surface area contributed by atoms with Crippen molar-refractivity contribution in [2.24, 2.45) is 0 Å². The molecule has 0 heterocycles. The number of carbonyl (C=O) groups is 1. The Labute approximate surface area is 69.7 Å². The van der Waals surface area contributed by atoms with Gasteiger partial charge in [-0.1, -0.05) is 0 Å². The van der Waals surface area contributed by atoms with Crippen molar-refractivity contribution in [1.82, 2.24) is 4.90 Å². The first-order chi connectivity index (χ1) is 4.06. The van der Waals surface area contributed by atoms with E-state index in [4.69, 9.17) is 34.8 Å². The SMILES string of the molecule is CN(C)C(=O)Cl.ClCCl. The lowest BCUT2D eigenvalue weighted by Gasteiger charge is -1.99. The van der Waals surface area contributed by atoms with Crippen LogP contribution in [0.15, 0.2) is 0 Å². The molecule has 1 amide bonds. The molecule has 0 saturated heterocycles. The third kappa shape index (κ3) is 17.8. The Balaban J connectivity index is 0. The number of alkyl halides is 2. The topological polar surface area (TPSA) is 20.3 Å². The molecule has 9 heavy (non-hydrogen) atoms. The van der Waals surface area contributed by atoms with E-state index in [1.165, 1.54) is 4.90 Å². The van der Waals surface area contributed by atoms with Crippen molar-refractivity contribution in [2.45, 2.75) is 0 Å². The van der Waals surface area contributed by atoms with E-state index in [9.17, 15) is 4.79 Å². The molecular weight excluding hydrogens is 184 g/mol. The summed E-state index contributed by atoms with van der Waals surface area (Å²) in [5.41, 5.74) is 0. The van der Waals surface area contributed by atoms with Gasteiger partial charge in [0.05, 0.1) is 5.34 Å². The van der Waals surface area contributed by atoms with Crippen molar-refractivity contribution >= 4 is 40.2 Å². The molecule has 0 rings (SSSR count). The van der Waals surface area contributed by atoms with Crippen LogP contribution in [-0.2, 0) is 0 Å². The first-order valence-electron chi connectivity index (χ1n) is 2.05. The molecule has 0 unspecified atom stereocenters. The van der Waals surface area contributed by atoms with Gasteiger partial charge in [-0.3, -0.25) is 4.79 Å². The van der Waals surface area contributed by atoms with Crippen LogP contribution in [0.2, 0.25) is 0 Å². The van der Waals surface area contributed by atoms with Gasteiger partial charge in [0.2, 0.25) is 0 Å². The van der Waals surface area contributed by atoms with Crippen LogP contribution in [0, 0.1) is 0 Å². The molecule has 0 saturated carbocycles. The summed E-state index contributed by atoms with van der Waals surface area (Å²) in [7, 11) is 3.19. The molecule has 0 aliphatic rings. The average molecular weight is 192 g/mol. The summed E-state index contributed by atoms with van der Waals surface area (Å²) >= 11 is 14.4. The van der Waals surface area contributed by atoms with Gasteiger partial charge in [-0.15, -0.1) is 23.2 Å². The third-order valence-corrected chi connectivity index (χ3v) is 0.690. The van der Waals surface area contributed by atoms with Crippen molar-refractivity contribution in [3.05, 3.63) is 0 Å². The van der Waals surface area contributed by atoms with Crippen molar-refractivity contribution in [1.29, 1.82) is 0 Å². The van der Waals surface area contributed by atoms with Crippen molar-refractivity contribution in [3.63, 3.8) is 0 Å². The minimum Gasteiger partial charge on any atom is -0.335 e. The minimum atomic E-state index is -0.435. The van der Waals surface area contributed by atoms with E-state index in [2.05, 4.69) is 0 Å². The highest BCUT2D eigenvalue weighted by atomic mass is 35.5. The van der Waals surface area contributed by atoms with Gasteiger partial charge in [0.15, 0.2) is 0 Å². The fourth-order valence-corrected chi connectivity index (χ4v) is 0. The molecule has 2 nitrogen and oxygen atoms in total. The van der Waals surface area contributed by atoms with E-state index in [0.717, 1.165) is 0 Å². The molecule has 0 spiro atoms. The molecule has 0 N–H and O–H groups in total. The van der Waals surface area contributed by atoms with Crippen molar-refractivity contribution < 1.29 is 4.79 Å². The van der Waals surface area contributed by atoms with E-state index >= 15 is 0 Å². The second-order valence-corrected chi connectivity index (χ2v) is 2.38. The van der Waals surface area contributed by atoms with Gasteiger partial charge < -0.3 is 4.90 Å². The predicted octanol–water partition coefficient (Wildman–Crippen LogP) is 2.33. The number of halogens is 3. The summed E-state index contributed by atoms with van der Waals surface area (Å²) in [4.78, 5) is 11.1. The van der Waals surface area contributed by atoms with Crippen molar-refractivity contribution in [2.75, 3.05) is 19.4 Å². The average Bonchev–Trinajstić information content (AvgIpc) is 1.68. The molecule has 0 aromatic rings. The minimum absolute atomic E-state index is 0.194. The molecule has 0 aromatic carbocycles. The molecule has 0 aromatic heterocycles. The molecule has 5 heteroatoms. The fourth-order valence-electron chi connectivity index (χ4n) is 0. The summed E-state index contributed by atoms with van der Waals surface area (Å²) < 4.78 is 0. The van der Waals surface area contributed by atoms with Crippen LogP contribution in [0.25, 0.3) is 0 Å². The normalized spacial score (nSPS) is 7.22. The van der Waals surface area contributed by atoms with Crippen LogP contribution in [0.1, 0.15) is 0 Å². The highest BCUT2D eigenvalue weighted by Crippen LogP contribution is 1.83. The summed E-state index contributed by atoms with van der Waals surface area (Å²) in [5.74, 6) is 0. The Morgan fingerprint density at radius 1 is 1.44 bits per heavy atom. The molecule has 0 radical (unpaired) electrons. The maximum atomic E-state index is 9.83. The first-order valence-corrected chi connectivity index (χ1v) is 3.49. The van der Waals surface area contributed by atoms with Crippen LogP contribution in [0.4, 0.5) is 4.79 Å². The van der Waals surface area contributed by atoms with E-state index in [-0.39, 0.29) is 5.34 Å². The Morgan fingerprint density at radius 3 is 1.56 bits per heavy atom. The summed E-state index contributed by atoms with van der Waals surface area (Å²) in [5, 5.41) is -0.241. The number of hydrogen-bond acceptors (Lipinski definition) is 1. The van der Waals surface area contributed by atoms with Gasteiger partial charge in [0.25, 0.3) is 0 Å². The van der Waals surface area contributed by atoms with Gasteiger partial charge in [-0.2, -0.15) is 0 Å². The maximum absolute atomic E-state index is 9.83. The Kier molecular flexibility index (Phi) is 11.2. The molecule has 0 fully saturated rings. The molecule has 56 valence electrons. The van der Waals surface area contributed by atoms with E-state index in [1.54, 1.807) is 14.1 Å². The monoisotopic (exact) mass is 191 g/mol. The maximum Gasteiger partial charge on any atom is 0.315 e. The smallest absolute Gasteiger partial charge is 0.315 e. The molecule has 0 atom stereocenters. The lowest BCUT2D eigenvalue weighted by molar-refractivity contribution is 0.240. The quantitative estimate of drug-likeness (QED) is 0.328. The zero-order valence-corrected chi connectivity index (χ0v) is 7.46. The van der Waals surface area contributed by atoms with E-state index in [1.807, 2.05) is 0 Å². The molecule has 0 aliphatic heterocycles. The van der Waals surface area contributed by atoms with Crippen LogP contribution >= 0.6 is 34.8 Å². The van der Waals surface area contributed by atoms with E-state index < -0.39 is 5.37 Å². The Bertz CT molecular complexity index is 76.2. The Hall–Kier alpha value is 0.340. The van der Waals surface area contributed by atoms with E-state index in [0.29, 0.717) is 0 Å². The molecular formula is C4H8Cl3NO. The van der Waals surface area contributed by atoms with Crippen LogP contribution < -0.4 is 0 Å². The van der Waals surface area contributed by atoms with Crippen LogP contribution in [-0.4, -0.2) is 29.7 Å². The summed E-state index contributed by atoms with van der Waals surface area (Å²) in [6, 6.07) is 0. The van der Waals surface area contributed by atoms with Gasteiger partial charge >= 0.3 is 5.37 Å². The zero-order valence-electron chi connectivity index (χ0n) is 5.20. The number of carbonyl (C=O) groups excluding carboxylic acids is 1. The highest BCUT2D eigenvalue weighted by molar-refractivity contribution is 6.62. The second kappa shape index (κ2) is 8.34. The lowest BCUT2D eigenvalue weighted by Crippen LogP contribution is -2.13. The second-order valence-electron chi connectivity index (χ2n) is 1.25.